The molecule has 1 atom stereocenters. The quantitative estimate of drug-likeness (QED) is 0.208. The molecule has 0 aromatic heterocycles. The van der Waals surface area contributed by atoms with Gasteiger partial charge in [0.05, 0.1) is 16.8 Å². The number of anilines is 2. The lowest BCUT2D eigenvalue weighted by atomic mass is 9.73. The Morgan fingerprint density at radius 3 is 2.17 bits per heavy atom. The van der Waals surface area contributed by atoms with E-state index >= 15 is 0 Å². The third-order valence-electron chi connectivity index (χ3n) is 8.15. The van der Waals surface area contributed by atoms with Gasteiger partial charge in [-0.25, -0.2) is 4.79 Å². The second kappa shape index (κ2) is 13.5. The molecule has 0 radical (unpaired) electrons. The number of amides is 3. The van der Waals surface area contributed by atoms with Gasteiger partial charge in [0.1, 0.15) is 0 Å². The standard InChI is InChI=1S/C33H43N5O2/c1-3-4-5-6-13-21-38(32(35)40)30-19-18-27(34)23-29(30)31(39)36-28-20-22-37(2)33(24-28,25-14-9-7-10-15-25)26-16-11-8-12-17-26/h7-12,14-19,23,28H,3-6,13,20-22,24,34H2,1-2H3,(H2,35,40)(H,36,39). The Kier molecular flexibility index (Phi) is 9.83. The largest absolute Gasteiger partial charge is 0.399 e. The highest BCUT2D eigenvalue weighted by atomic mass is 16.2. The normalized spacial score (nSPS) is 16.8. The Hall–Kier alpha value is -3.84. The van der Waals surface area contributed by atoms with E-state index in [1.54, 1.807) is 18.2 Å². The predicted octanol–water partition coefficient (Wildman–Crippen LogP) is 5.89. The number of unbranched alkanes of at least 4 members (excludes halogenated alkanes) is 4. The number of likely N-dealkylation sites (tertiary alicyclic amines) is 1. The first-order valence-electron chi connectivity index (χ1n) is 14.5. The molecule has 1 saturated heterocycles. The maximum atomic E-state index is 13.8. The average Bonchev–Trinajstić information content (AvgIpc) is 2.97. The molecule has 1 aliphatic heterocycles. The van der Waals surface area contributed by atoms with Gasteiger partial charge >= 0.3 is 6.03 Å². The van der Waals surface area contributed by atoms with Gasteiger partial charge < -0.3 is 16.8 Å². The Morgan fingerprint density at radius 2 is 1.57 bits per heavy atom. The molecular formula is C33H43N5O2. The molecule has 0 saturated carbocycles. The number of nitrogens with two attached hydrogens (primary N) is 2. The molecule has 0 spiro atoms. The Bertz CT molecular complexity index is 1220. The van der Waals surface area contributed by atoms with Crippen molar-refractivity contribution >= 4 is 23.3 Å². The molecule has 1 heterocycles. The van der Waals surface area contributed by atoms with Crippen molar-refractivity contribution < 1.29 is 9.59 Å². The molecule has 7 heteroatoms. The van der Waals surface area contributed by atoms with Crippen LogP contribution in [0.15, 0.2) is 78.9 Å². The van der Waals surface area contributed by atoms with Gasteiger partial charge in [-0.3, -0.25) is 14.6 Å². The highest BCUT2D eigenvalue weighted by Crippen LogP contribution is 2.42. The number of carbonyl (C=O) groups excluding carboxylic acids is 2. The summed E-state index contributed by atoms with van der Waals surface area (Å²) in [5, 5.41) is 3.30. The van der Waals surface area contributed by atoms with Gasteiger partial charge in [0.15, 0.2) is 0 Å². The van der Waals surface area contributed by atoms with E-state index < -0.39 is 11.6 Å². The summed E-state index contributed by atoms with van der Waals surface area (Å²) in [6.45, 7) is 3.44. The zero-order chi connectivity index (χ0) is 28.5. The summed E-state index contributed by atoms with van der Waals surface area (Å²) in [4.78, 5) is 30.2. The molecule has 1 aliphatic rings. The van der Waals surface area contributed by atoms with Crippen LogP contribution in [0.3, 0.4) is 0 Å². The van der Waals surface area contributed by atoms with Crippen LogP contribution in [-0.4, -0.2) is 43.0 Å². The second-order valence-corrected chi connectivity index (χ2v) is 10.9. The molecule has 0 bridgehead atoms. The first-order chi connectivity index (χ1) is 19.4. The van der Waals surface area contributed by atoms with Crippen LogP contribution in [0, 0.1) is 0 Å². The molecule has 0 aliphatic carbocycles. The van der Waals surface area contributed by atoms with Crippen molar-refractivity contribution in [3.8, 4) is 0 Å². The van der Waals surface area contributed by atoms with Gasteiger partial charge in [0, 0.05) is 24.8 Å². The fourth-order valence-corrected chi connectivity index (χ4v) is 6.01. The molecule has 1 unspecified atom stereocenters. The van der Waals surface area contributed by atoms with Crippen molar-refractivity contribution in [2.75, 3.05) is 30.8 Å². The summed E-state index contributed by atoms with van der Waals surface area (Å²) in [5.41, 5.74) is 15.2. The van der Waals surface area contributed by atoms with Gasteiger partial charge in [-0.1, -0.05) is 93.3 Å². The SMILES string of the molecule is CCCCCCCN(C(N)=O)c1ccc(N)cc1C(=O)NC1CCN(C)C(c2ccccc2)(c2ccccc2)C1. The Balaban J connectivity index is 1.60. The monoisotopic (exact) mass is 541 g/mol. The van der Waals surface area contributed by atoms with Crippen LogP contribution in [0.5, 0.6) is 0 Å². The van der Waals surface area contributed by atoms with E-state index in [1.807, 2.05) is 12.1 Å². The fourth-order valence-electron chi connectivity index (χ4n) is 6.01. The van der Waals surface area contributed by atoms with Crippen LogP contribution in [0.2, 0.25) is 0 Å². The van der Waals surface area contributed by atoms with Crippen LogP contribution in [0.1, 0.15) is 73.4 Å². The number of primary amides is 1. The second-order valence-electron chi connectivity index (χ2n) is 10.9. The van der Waals surface area contributed by atoms with E-state index in [0.717, 1.165) is 45.1 Å². The summed E-state index contributed by atoms with van der Waals surface area (Å²) in [6.07, 6.45) is 6.75. The van der Waals surface area contributed by atoms with Gasteiger partial charge in [-0.05, 0) is 55.6 Å². The smallest absolute Gasteiger partial charge is 0.319 e. The maximum Gasteiger partial charge on any atom is 0.319 e. The summed E-state index contributed by atoms with van der Waals surface area (Å²) in [7, 11) is 2.15. The number of benzene rings is 3. The van der Waals surface area contributed by atoms with Gasteiger partial charge in [-0.15, -0.1) is 0 Å². The molecule has 212 valence electrons. The van der Waals surface area contributed by atoms with E-state index in [4.69, 9.17) is 11.5 Å². The van der Waals surface area contributed by atoms with E-state index in [9.17, 15) is 9.59 Å². The van der Waals surface area contributed by atoms with Crippen LogP contribution in [0.4, 0.5) is 16.2 Å². The number of hydrogen-bond acceptors (Lipinski definition) is 4. The van der Waals surface area contributed by atoms with Gasteiger partial charge in [0.2, 0.25) is 0 Å². The number of carbonyl (C=O) groups is 2. The topological polar surface area (TPSA) is 105 Å². The zero-order valence-electron chi connectivity index (χ0n) is 23.8. The molecule has 1 fully saturated rings. The van der Waals surface area contributed by atoms with Crippen molar-refractivity contribution in [2.24, 2.45) is 5.73 Å². The lowest BCUT2D eigenvalue weighted by molar-refractivity contribution is 0.0732. The number of urea groups is 1. The van der Waals surface area contributed by atoms with E-state index in [2.05, 4.69) is 72.7 Å². The third kappa shape index (κ3) is 6.48. The lowest BCUT2D eigenvalue weighted by Crippen LogP contribution is -2.55. The number of hydrogen-bond donors (Lipinski definition) is 3. The number of nitrogen functional groups attached to an aromatic ring is 1. The summed E-state index contributed by atoms with van der Waals surface area (Å²) >= 11 is 0. The molecular weight excluding hydrogens is 498 g/mol. The van der Waals surface area contributed by atoms with Crippen LogP contribution < -0.4 is 21.7 Å². The van der Waals surface area contributed by atoms with E-state index in [-0.39, 0.29) is 11.9 Å². The van der Waals surface area contributed by atoms with Gasteiger partial charge in [-0.2, -0.15) is 0 Å². The molecule has 3 aromatic carbocycles. The van der Waals surface area contributed by atoms with E-state index in [0.29, 0.717) is 29.9 Å². The molecule has 3 aromatic rings. The Morgan fingerprint density at radius 1 is 0.950 bits per heavy atom. The first kappa shape index (κ1) is 29.2. The van der Waals surface area contributed by atoms with Crippen molar-refractivity contribution in [1.82, 2.24) is 10.2 Å². The number of piperidine rings is 1. The lowest BCUT2D eigenvalue weighted by Gasteiger charge is -2.49. The molecule has 40 heavy (non-hydrogen) atoms. The molecule has 5 N–H and O–H groups in total. The average molecular weight is 542 g/mol. The molecule has 7 nitrogen and oxygen atoms in total. The third-order valence-corrected chi connectivity index (χ3v) is 8.15. The minimum Gasteiger partial charge on any atom is -0.399 e. The highest BCUT2D eigenvalue weighted by Gasteiger charge is 2.43. The number of nitrogens with one attached hydrogen (secondary N) is 1. The summed E-state index contributed by atoms with van der Waals surface area (Å²) in [5.74, 6) is -0.246. The highest BCUT2D eigenvalue weighted by molar-refractivity contribution is 6.05. The molecule has 3 amide bonds. The summed E-state index contributed by atoms with van der Waals surface area (Å²) < 4.78 is 0. The van der Waals surface area contributed by atoms with E-state index in [1.165, 1.54) is 16.0 Å². The predicted molar refractivity (Wildman–Crippen MR) is 163 cm³/mol. The van der Waals surface area contributed by atoms with Crippen molar-refractivity contribution in [3.63, 3.8) is 0 Å². The van der Waals surface area contributed by atoms with Gasteiger partial charge in [0.25, 0.3) is 5.91 Å². The fraction of sp³-hybridized carbons (Fsp3) is 0.394. The molecule has 4 rings (SSSR count). The number of rotatable bonds is 11. The minimum atomic E-state index is -0.569. The van der Waals surface area contributed by atoms with Crippen LogP contribution >= 0.6 is 0 Å². The van der Waals surface area contributed by atoms with Crippen molar-refractivity contribution in [1.29, 1.82) is 0 Å². The number of nitrogens with zero attached hydrogens (tertiary/aromatic N) is 2. The summed E-state index contributed by atoms with van der Waals surface area (Å²) in [6, 6.07) is 25.4. The van der Waals surface area contributed by atoms with Crippen LogP contribution in [0.25, 0.3) is 0 Å². The maximum absolute atomic E-state index is 13.8. The van der Waals surface area contributed by atoms with Crippen molar-refractivity contribution in [2.45, 2.75) is 63.5 Å². The Labute approximate surface area is 238 Å². The van der Waals surface area contributed by atoms with Crippen molar-refractivity contribution in [3.05, 3.63) is 95.6 Å². The first-order valence-corrected chi connectivity index (χ1v) is 14.5. The minimum absolute atomic E-state index is 0.0885. The zero-order valence-corrected chi connectivity index (χ0v) is 23.8. The van der Waals surface area contributed by atoms with Crippen LogP contribution in [-0.2, 0) is 5.54 Å².